The van der Waals surface area contributed by atoms with Crippen molar-refractivity contribution in [1.82, 2.24) is 0 Å². The number of ketones is 1. The topological polar surface area (TPSA) is 26.3 Å². The van der Waals surface area contributed by atoms with Crippen LogP contribution in [-0.4, -0.2) is 17.8 Å². The maximum absolute atomic E-state index is 14.2. The molecule has 1 heterocycles. The van der Waals surface area contributed by atoms with Gasteiger partial charge in [-0.05, 0) is 12.8 Å². The predicted molar refractivity (Wildman–Crippen MR) is 75.8 cm³/mol. The SMILES string of the molecule is O=C1C=C(c2ccccc2)OC(C2CCCCC2)C1(F)F. The van der Waals surface area contributed by atoms with Crippen LogP contribution in [0.2, 0.25) is 0 Å². The first-order valence-electron chi connectivity index (χ1n) is 7.45. The average molecular weight is 292 g/mol. The van der Waals surface area contributed by atoms with Crippen LogP contribution < -0.4 is 0 Å². The van der Waals surface area contributed by atoms with Crippen molar-refractivity contribution in [2.75, 3.05) is 0 Å². The second-order valence-electron chi connectivity index (χ2n) is 5.80. The van der Waals surface area contributed by atoms with Gasteiger partial charge in [0.15, 0.2) is 6.10 Å². The zero-order valence-corrected chi connectivity index (χ0v) is 11.7. The first-order valence-corrected chi connectivity index (χ1v) is 7.45. The van der Waals surface area contributed by atoms with Crippen molar-refractivity contribution in [1.29, 1.82) is 0 Å². The van der Waals surface area contributed by atoms with Gasteiger partial charge in [0.05, 0.1) is 0 Å². The highest BCUT2D eigenvalue weighted by molar-refractivity contribution is 6.02. The number of carbonyl (C=O) groups is 1. The fourth-order valence-corrected chi connectivity index (χ4v) is 3.18. The Morgan fingerprint density at radius 3 is 2.38 bits per heavy atom. The third-order valence-corrected chi connectivity index (χ3v) is 4.34. The molecule has 0 bridgehead atoms. The van der Waals surface area contributed by atoms with Gasteiger partial charge in [0.2, 0.25) is 5.78 Å². The van der Waals surface area contributed by atoms with E-state index in [0.717, 1.165) is 25.3 Å². The Labute approximate surface area is 122 Å². The molecule has 1 aliphatic heterocycles. The Balaban J connectivity index is 1.90. The van der Waals surface area contributed by atoms with Gasteiger partial charge in [-0.25, -0.2) is 0 Å². The standard InChI is InChI=1S/C17H18F2O2/c18-17(19)15(20)11-14(12-7-3-1-4-8-12)21-16(17)13-9-5-2-6-10-13/h1,3-4,7-8,11,13,16H,2,5-6,9-10H2. The number of benzene rings is 1. The predicted octanol–water partition coefficient (Wildman–Crippen LogP) is 4.21. The Morgan fingerprint density at radius 1 is 1.05 bits per heavy atom. The van der Waals surface area contributed by atoms with Gasteiger partial charge in [0, 0.05) is 17.6 Å². The van der Waals surface area contributed by atoms with Crippen molar-refractivity contribution in [3.05, 3.63) is 42.0 Å². The van der Waals surface area contributed by atoms with Crippen LogP contribution in [0.3, 0.4) is 0 Å². The van der Waals surface area contributed by atoms with Crippen molar-refractivity contribution in [2.45, 2.75) is 44.1 Å². The van der Waals surface area contributed by atoms with E-state index in [9.17, 15) is 13.6 Å². The molecule has 2 aliphatic rings. The molecule has 0 aromatic heterocycles. The molecule has 0 amide bonds. The van der Waals surface area contributed by atoms with Crippen LogP contribution >= 0.6 is 0 Å². The second kappa shape index (κ2) is 5.58. The fourth-order valence-electron chi connectivity index (χ4n) is 3.18. The molecule has 0 N–H and O–H groups in total. The minimum Gasteiger partial charge on any atom is -0.483 e. The summed E-state index contributed by atoms with van der Waals surface area (Å²) < 4.78 is 34.0. The molecule has 21 heavy (non-hydrogen) atoms. The van der Waals surface area contributed by atoms with Crippen LogP contribution in [0, 0.1) is 5.92 Å². The molecule has 1 saturated carbocycles. The summed E-state index contributed by atoms with van der Waals surface area (Å²) in [5.41, 5.74) is 0.669. The number of hydrogen-bond acceptors (Lipinski definition) is 2. The summed E-state index contributed by atoms with van der Waals surface area (Å²) in [4.78, 5) is 11.8. The highest BCUT2D eigenvalue weighted by Gasteiger charge is 2.54. The molecule has 0 spiro atoms. The van der Waals surface area contributed by atoms with Gasteiger partial charge < -0.3 is 4.74 Å². The van der Waals surface area contributed by atoms with Gasteiger partial charge >= 0.3 is 5.92 Å². The quantitative estimate of drug-likeness (QED) is 0.816. The van der Waals surface area contributed by atoms with Gasteiger partial charge in [-0.3, -0.25) is 4.79 Å². The average Bonchev–Trinajstić information content (AvgIpc) is 2.51. The molecule has 4 heteroatoms. The third-order valence-electron chi connectivity index (χ3n) is 4.34. The molecule has 1 atom stereocenters. The normalized spacial score (nSPS) is 26.1. The lowest BCUT2D eigenvalue weighted by atomic mass is 9.81. The van der Waals surface area contributed by atoms with E-state index < -0.39 is 17.8 Å². The van der Waals surface area contributed by atoms with Gasteiger partial charge in [0.1, 0.15) is 5.76 Å². The summed E-state index contributed by atoms with van der Waals surface area (Å²) in [5, 5.41) is 0. The van der Waals surface area contributed by atoms with Crippen molar-refractivity contribution in [3.63, 3.8) is 0 Å². The first-order chi connectivity index (χ1) is 10.1. The van der Waals surface area contributed by atoms with Gasteiger partial charge in [0.25, 0.3) is 0 Å². The summed E-state index contributed by atoms with van der Waals surface area (Å²) in [5.74, 6) is -4.53. The van der Waals surface area contributed by atoms with E-state index in [4.69, 9.17) is 4.74 Å². The van der Waals surface area contributed by atoms with E-state index in [0.29, 0.717) is 18.4 Å². The van der Waals surface area contributed by atoms with Crippen molar-refractivity contribution < 1.29 is 18.3 Å². The zero-order valence-electron chi connectivity index (χ0n) is 11.7. The van der Waals surface area contributed by atoms with Gasteiger partial charge in [-0.15, -0.1) is 0 Å². The Bertz CT molecular complexity index is 545. The number of allylic oxidation sites excluding steroid dienone is 1. The summed E-state index contributed by atoms with van der Waals surface area (Å²) in [6.45, 7) is 0. The van der Waals surface area contributed by atoms with E-state index in [1.165, 1.54) is 0 Å². The molecule has 0 radical (unpaired) electrons. The van der Waals surface area contributed by atoms with Crippen molar-refractivity contribution >= 4 is 11.5 Å². The van der Waals surface area contributed by atoms with Gasteiger partial charge in [-0.2, -0.15) is 8.78 Å². The zero-order chi connectivity index (χ0) is 14.9. The third kappa shape index (κ3) is 2.71. The number of ether oxygens (including phenoxy) is 1. The van der Waals surface area contributed by atoms with Crippen molar-refractivity contribution in [3.8, 4) is 0 Å². The van der Waals surface area contributed by atoms with Crippen LogP contribution in [0.5, 0.6) is 0 Å². The lowest BCUT2D eigenvalue weighted by Gasteiger charge is -2.37. The van der Waals surface area contributed by atoms with E-state index in [1.54, 1.807) is 24.3 Å². The maximum Gasteiger partial charge on any atom is 0.345 e. The number of carbonyl (C=O) groups excluding carboxylic acids is 1. The molecule has 0 saturated heterocycles. The number of alkyl halides is 2. The number of rotatable bonds is 2. The second-order valence-corrected chi connectivity index (χ2v) is 5.80. The van der Waals surface area contributed by atoms with Gasteiger partial charge in [-0.1, -0.05) is 49.6 Å². The fraction of sp³-hybridized carbons (Fsp3) is 0.471. The lowest BCUT2D eigenvalue weighted by Crippen LogP contribution is -2.49. The molecule has 1 aromatic carbocycles. The van der Waals surface area contributed by atoms with E-state index in [2.05, 4.69) is 0 Å². The van der Waals surface area contributed by atoms with E-state index in [1.807, 2.05) is 6.07 Å². The number of hydrogen-bond donors (Lipinski definition) is 0. The van der Waals surface area contributed by atoms with Crippen molar-refractivity contribution in [2.24, 2.45) is 5.92 Å². The molecule has 1 unspecified atom stereocenters. The smallest absolute Gasteiger partial charge is 0.345 e. The first kappa shape index (κ1) is 14.2. The largest absolute Gasteiger partial charge is 0.483 e. The maximum atomic E-state index is 14.2. The Kier molecular flexibility index (Phi) is 3.79. The minimum absolute atomic E-state index is 0.245. The van der Waals surface area contributed by atoms with Crippen LogP contribution in [0.4, 0.5) is 8.78 Å². The molecule has 1 aliphatic carbocycles. The molecule has 1 aromatic rings. The molecule has 3 rings (SSSR count). The Morgan fingerprint density at radius 2 is 1.71 bits per heavy atom. The van der Waals surface area contributed by atoms with Crippen LogP contribution in [0.25, 0.3) is 5.76 Å². The van der Waals surface area contributed by atoms with Crippen LogP contribution in [-0.2, 0) is 9.53 Å². The molecular weight excluding hydrogens is 274 g/mol. The monoisotopic (exact) mass is 292 g/mol. The molecule has 2 nitrogen and oxygen atoms in total. The summed E-state index contributed by atoms with van der Waals surface area (Å²) in [6.07, 6.45) is 3.95. The minimum atomic E-state index is -3.42. The Hall–Kier alpha value is -1.71. The highest BCUT2D eigenvalue weighted by Crippen LogP contribution is 2.41. The molecule has 1 fully saturated rings. The lowest BCUT2D eigenvalue weighted by molar-refractivity contribution is -0.167. The highest BCUT2D eigenvalue weighted by atomic mass is 19.3. The number of halogens is 2. The van der Waals surface area contributed by atoms with E-state index >= 15 is 0 Å². The van der Waals surface area contributed by atoms with Crippen LogP contribution in [0.15, 0.2) is 36.4 Å². The van der Waals surface area contributed by atoms with E-state index in [-0.39, 0.29) is 11.7 Å². The summed E-state index contributed by atoms with van der Waals surface area (Å²) in [6, 6.07) is 8.96. The summed E-state index contributed by atoms with van der Waals surface area (Å²) >= 11 is 0. The molecule has 112 valence electrons. The molecular formula is C17H18F2O2. The van der Waals surface area contributed by atoms with Crippen LogP contribution in [0.1, 0.15) is 37.7 Å². The summed E-state index contributed by atoms with van der Waals surface area (Å²) in [7, 11) is 0.